The third-order valence-corrected chi connectivity index (χ3v) is 4.59. The molecular formula is C21H18. The van der Waals surface area contributed by atoms with Crippen LogP contribution in [0, 0.1) is 13.8 Å². The highest BCUT2D eigenvalue weighted by Crippen LogP contribution is 2.48. The molecule has 102 valence electrons. The van der Waals surface area contributed by atoms with Gasteiger partial charge in [-0.1, -0.05) is 72.3 Å². The third-order valence-electron chi connectivity index (χ3n) is 4.59. The van der Waals surface area contributed by atoms with Crippen molar-refractivity contribution in [1.82, 2.24) is 0 Å². The van der Waals surface area contributed by atoms with E-state index < -0.39 is 0 Å². The molecule has 0 fully saturated rings. The van der Waals surface area contributed by atoms with Crippen LogP contribution in [0.3, 0.4) is 0 Å². The number of benzene rings is 3. The van der Waals surface area contributed by atoms with Crippen LogP contribution in [0.5, 0.6) is 0 Å². The van der Waals surface area contributed by atoms with Crippen molar-refractivity contribution in [2.24, 2.45) is 0 Å². The van der Waals surface area contributed by atoms with Gasteiger partial charge in [0.25, 0.3) is 0 Å². The lowest BCUT2D eigenvalue weighted by molar-refractivity contribution is 0.998. The molecule has 1 aliphatic rings. The molecule has 0 saturated carbocycles. The van der Waals surface area contributed by atoms with Crippen molar-refractivity contribution in [2.45, 2.75) is 19.8 Å². The molecule has 1 atom stereocenters. The highest BCUT2D eigenvalue weighted by Gasteiger charge is 2.30. The van der Waals surface area contributed by atoms with E-state index in [4.69, 9.17) is 0 Å². The molecule has 0 heterocycles. The SMILES string of the molecule is Cc1ccc(C2c3ccccc3-c3cccc(C)c32)cc1. The van der Waals surface area contributed by atoms with E-state index in [-0.39, 0.29) is 0 Å². The van der Waals surface area contributed by atoms with Crippen LogP contribution >= 0.6 is 0 Å². The highest BCUT2D eigenvalue weighted by atomic mass is 14.3. The zero-order valence-corrected chi connectivity index (χ0v) is 12.4. The quantitative estimate of drug-likeness (QED) is 0.430. The summed E-state index contributed by atoms with van der Waals surface area (Å²) < 4.78 is 0. The Labute approximate surface area is 126 Å². The van der Waals surface area contributed by atoms with Gasteiger partial charge in [0, 0.05) is 5.92 Å². The predicted octanol–water partition coefficient (Wildman–Crippen LogP) is 5.46. The van der Waals surface area contributed by atoms with Gasteiger partial charge in [-0.25, -0.2) is 0 Å². The minimum Gasteiger partial charge on any atom is -0.0619 e. The van der Waals surface area contributed by atoms with Crippen LogP contribution in [-0.2, 0) is 0 Å². The summed E-state index contributed by atoms with van der Waals surface area (Å²) in [5.41, 5.74) is 9.79. The Morgan fingerprint density at radius 2 is 1.38 bits per heavy atom. The van der Waals surface area contributed by atoms with Gasteiger partial charge in [-0.05, 0) is 47.2 Å². The fourth-order valence-corrected chi connectivity index (χ4v) is 3.55. The van der Waals surface area contributed by atoms with Gasteiger partial charge in [-0.3, -0.25) is 0 Å². The van der Waals surface area contributed by atoms with E-state index >= 15 is 0 Å². The summed E-state index contributed by atoms with van der Waals surface area (Å²) in [6, 6.07) is 24.5. The molecule has 0 heteroatoms. The van der Waals surface area contributed by atoms with Crippen LogP contribution in [0.2, 0.25) is 0 Å². The molecule has 0 nitrogen and oxygen atoms in total. The van der Waals surface area contributed by atoms with E-state index in [0.717, 1.165) is 0 Å². The van der Waals surface area contributed by atoms with Gasteiger partial charge in [0.15, 0.2) is 0 Å². The fraction of sp³-hybridized carbons (Fsp3) is 0.143. The Morgan fingerprint density at radius 3 is 2.19 bits per heavy atom. The van der Waals surface area contributed by atoms with Crippen LogP contribution in [-0.4, -0.2) is 0 Å². The first kappa shape index (κ1) is 12.4. The number of rotatable bonds is 1. The molecular weight excluding hydrogens is 252 g/mol. The van der Waals surface area contributed by atoms with Crippen LogP contribution in [0.25, 0.3) is 11.1 Å². The summed E-state index contributed by atoms with van der Waals surface area (Å²) >= 11 is 0. The smallest absolute Gasteiger partial charge is 0.0354 e. The van der Waals surface area contributed by atoms with Gasteiger partial charge in [-0.2, -0.15) is 0 Å². The van der Waals surface area contributed by atoms with Crippen molar-refractivity contribution in [2.75, 3.05) is 0 Å². The number of hydrogen-bond acceptors (Lipinski definition) is 0. The molecule has 0 N–H and O–H groups in total. The topological polar surface area (TPSA) is 0 Å². The molecule has 4 rings (SSSR count). The van der Waals surface area contributed by atoms with E-state index in [1.165, 1.54) is 38.9 Å². The molecule has 0 aliphatic heterocycles. The lowest BCUT2D eigenvalue weighted by Crippen LogP contribution is -2.01. The van der Waals surface area contributed by atoms with Crippen LogP contribution in [0.15, 0.2) is 66.7 Å². The lowest BCUT2D eigenvalue weighted by Gasteiger charge is -2.16. The third kappa shape index (κ3) is 1.83. The molecule has 21 heavy (non-hydrogen) atoms. The van der Waals surface area contributed by atoms with Gasteiger partial charge >= 0.3 is 0 Å². The van der Waals surface area contributed by atoms with E-state index in [9.17, 15) is 0 Å². The zero-order chi connectivity index (χ0) is 14.4. The zero-order valence-electron chi connectivity index (χ0n) is 12.4. The van der Waals surface area contributed by atoms with Crippen LogP contribution in [0.4, 0.5) is 0 Å². The van der Waals surface area contributed by atoms with E-state index in [2.05, 4.69) is 80.6 Å². The maximum Gasteiger partial charge on any atom is 0.0354 e. The maximum absolute atomic E-state index is 2.28. The summed E-state index contributed by atoms with van der Waals surface area (Å²) in [6.45, 7) is 4.37. The molecule has 0 aromatic heterocycles. The second-order valence-corrected chi connectivity index (χ2v) is 5.97. The maximum atomic E-state index is 2.28. The van der Waals surface area contributed by atoms with Crippen LogP contribution in [0.1, 0.15) is 33.7 Å². The Balaban J connectivity index is 2.01. The molecule has 1 aliphatic carbocycles. The van der Waals surface area contributed by atoms with E-state index in [1.807, 2.05) is 0 Å². The molecule has 3 aromatic rings. The Hall–Kier alpha value is -2.34. The molecule has 0 spiro atoms. The van der Waals surface area contributed by atoms with E-state index in [1.54, 1.807) is 0 Å². The Bertz CT molecular complexity index is 810. The molecule has 3 aromatic carbocycles. The first-order valence-corrected chi connectivity index (χ1v) is 7.51. The molecule has 1 unspecified atom stereocenters. The summed E-state index contributed by atoms with van der Waals surface area (Å²) in [7, 11) is 0. The van der Waals surface area contributed by atoms with Crippen molar-refractivity contribution in [3.05, 3.63) is 94.5 Å². The van der Waals surface area contributed by atoms with Crippen molar-refractivity contribution in [1.29, 1.82) is 0 Å². The summed E-state index contributed by atoms with van der Waals surface area (Å²) in [5.74, 6) is 0.373. The lowest BCUT2D eigenvalue weighted by atomic mass is 9.87. The average molecular weight is 270 g/mol. The van der Waals surface area contributed by atoms with Gasteiger partial charge < -0.3 is 0 Å². The second kappa shape index (κ2) is 4.60. The molecule has 0 radical (unpaired) electrons. The van der Waals surface area contributed by atoms with Crippen molar-refractivity contribution in [3.63, 3.8) is 0 Å². The van der Waals surface area contributed by atoms with Crippen LogP contribution < -0.4 is 0 Å². The van der Waals surface area contributed by atoms with Crippen molar-refractivity contribution < 1.29 is 0 Å². The molecule has 0 amide bonds. The average Bonchev–Trinajstić information content (AvgIpc) is 2.84. The minimum atomic E-state index is 0.373. The number of aryl methyl sites for hydroxylation is 2. The second-order valence-electron chi connectivity index (χ2n) is 5.97. The molecule has 0 bridgehead atoms. The first-order chi connectivity index (χ1) is 10.3. The van der Waals surface area contributed by atoms with Crippen molar-refractivity contribution in [3.8, 4) is 11.1 Å². The summed E-state index contributed by atoms with van der Waals surface area (Å²) in [4.78, 5) is 0. The van der Waals surface area contributed by atoms with Gasteiger partial charge in [0.2, 0.25) is 0 Å². The Kier molecular flexibility index (Phi) is 2.71. The minimum absolute atomic E-state index is 0.373. The monoisotopic (exact) mass is 270 g/mol. The fourth-order valence-electron chi connectivity index (χ4n) is 3.55. The van der Waals surface area contributed by atoms with Gasteiger partial charge in [0.1, 0.15) is 0 Å². The Morgan fingerprint density at radius 1 is 0.667 bits per heavy atom. The summed E-state index contributed by atoms with van der Waals surface area (Å²) in [6.07, 6.45) is 0. The number of hydrogen-bond donors (Lipinski definition) is 0. The normalized spacial score (nSPS) is 15.6. The van der Waals surface area contributed by atoms with E-state index in [0.29, 0.717) is 5.92 Å². The highest BCUT2D eigenvalue weighted by molar-refractivity contribution is 5.81. The largest absolute Gasteiger partial charge is 0.0619 e. The number of fused-ring (bicyclic) bond motifs is 3. The van der Waals surface area contributed by atoms with Gasteiger partial charge in [-0.15, -0.1) is 0 Å². The van der Waals surface area contributed by atoms with Crippen molar-refractivity contribution >= 4 is 0 Å². The standard InChI is InChI=1S/C21H18/c1-14-10-12-16(13-11-14)21-19-8-4-3-7-17(19)18-9-5-6-15(2)20(18)21/h3-13,21H,1-2H3. The summed E-state index contributed by atoms with van der Waals surface area (Å²) in [5, 5.41) is 0. The van der Waals surface area contributed by atoms with Gasteiger partial charge in [0.05, 0.1) is 0 Å². The molecule has 0 saturated heterocycles. The first-order valence-electron chi connectivity index (χ1n) is 7.51. The predicted molar refractivity (Wildman–Crippen MR) is 88.7 cm³/mol.